The zero-order valence-electron chi connectivity index (χ0n) is 17.0. The van der Waals surface area contributed by atoms with E-state index in [1.807, 2.05) is 24.3 Å². The molecular weight excluding hydrogens is 416 g/mol. The van der Waals surface area contributed by atoms with E-state index in [4.69, 9.17) is 9.47 Å². The minimum absolute atomic E-state index is 0.399. The number of imide groups is 2. The summed E-state index contributed by atoms with van der Waals surface area (Å²) in [4.78, 5) is 51.0. The van der Waals surface area contributed by atoms with Crippen molar-refractivity contribution in [2.75, 3.05) is 25.1 Å². The van der Waals surface area contributed by atoms with E-state index in [9.17, 15) is 19.2 Å². The monoisotopic (exact) mass is 436 g/mol. The van der Waals surface area contributed by atoms with Crippen LogP contribution < -0.4 is 25.4 Å². The Labute approximate surface area is 182 Å². The Bertz CT molecular complexity index is 1150. The lowest BCUT2D eigenvalue weighted by Crippen LogP contribution is -2.45. The van der Waals surface area contributed by atoms with E-state index in [1.165, 1.54) is 0 Å². The first-order valence-electron chi connectivity index (χ1n) is 10.2. The second-order valence-corrected chi connectivity index (χ2v) is 7.74. The number of ether oxygens (including phenoxy) is 2. The van der Waals surface area contributed by atoms with Crippen molar-refractivity contribution in [2.45, 2.75) is 18.4 Å². The molecule has 3 aliphatic rings. The van der Waals surface area contributed by atoms with E-state index in [0.717, 1.165) is 16.0 Å². The Morgan fingerprint density at radius 3 is 2.69 bits per heavy atom. The van der Waals surface area contributed by atoms with Crippen LogP contribution in [0.25, 0.3) is 0 Å². The predicted molar refractivity (Wildman–Crippen MR) is 111 cm³/mol. The number of amides is 6. The number of aryl methyl sites for hydroxylation is 1. The van der Waals surface area contributed by atoms with Gasteiger partial charge in [0.2, 0.25) is 5.91 Å². The summed E-state index contributed by atoms with van der Waals surface area (Å²) < 4.78 is 10.9. The second kappa shape index (κ2) is 7.56. The molecule has 0 aromatic heterocycles. The molecule has 2 aliphatic heterocycles. The molecular formula is C22H20N4O6. The van der Waals surface area contributed by atoms with Crippen LogP contribution in [-0.2, 0) is 21.5 Å². The molecule has 0 bridgehead atoms. The van der Waals surface area contributed by atoms with Crippen LogP contribution in [-0.4, -0.2) is 48.5 Å². The fourth-order valence-electron chi connectivity index (χ4n) is 4.33. The van der Waals surface area contributed by atoms with Crippen LogP contribution in [0.2, 0.25) is 0 Å². The Hall–Kier alpha value is -4.08. The van der Waals surface area contributed by atoms with Crippen LogP contribution in [0, 0.1) is 0 Å². The third kappa shape index (κ3) is 3.29. The Morgan fingerprint density at radius 1 is 1.06 bits per heavy atom. The van der Waals surface area contributed by atoms with Crippen LogP contribution in [0.1, 0.15) is 17.5 Å². The van der Waals surface area contributed by atoms with Gasteiger partial charge in [0.25, 0.3) is 5.91 Å². The van der Waals surface area contributed by atoms with Crippen molar-refractivity contribution in [3.63, 3.8) is 0 Å². The van der Waals surface area contributed by atoms with E-state index in [-0.39, 0.29) is 0 Å². The third-order valence-electron chi connectivity index (χ3n) is 5.78. The van der Waals surface area contributed by atoms with Crippen LogP contribution >= 0.6 is 0 Å². The van der Waals surface area contributed by atoms with Gasteiger partial charge in [-0.2, -0.15) is 0 Å². The van der Waals surface area contributed by atoms with Crippen molar-refractivity contribution in [3.8, 4) is 11.5 Å². The quantitative estimate of drug-likeness (QED) is 0.626. The zero-order chi connectivity index (χ0) is 22.3. The number of carbonyl (C=O) groups is 4. The molecule has 1 fully saturated rings. The molecule has 1 saturated heterocycles. The van der Waals surface area contributed by atoms with Crippen molar-refractivity contribution in [2.24, 2.45) is 0 Å². The van der Waals surface area contributed by atoms with E-state index >= 15 is 0 Å². The Morgan fingerprint density at radius 2 is 1.84 bits per heavy atom. The van der Waals surface area contributed by atoms with Gasteiger partial charge in [0, 0.05) is 11.8 Å². The average Bonchev–Trinajstić information content (AvgIpc) is 3.27. The van der Waals surface area contributed by atoms with Crippen LogP contribution in [0.4, 0.5) is 15.3 Å². The molecule has 3 N–H and O–H groups in total. The maximum Gasteiger partial charge on any atom is 0.325 e. The second-order valence-electron chi connectivity index (χ2n) is 7.74. The summed E-state index contributed by atoms with van der Waals surface area (Å²) >= 11 is 0. The lowest BCUT2D eigenvalue weighted by molar-refractivity contribution is -0.135. The number of nitrogens with one attached hydrogen (secondary N) is 3. The Kier molecular flexibility index (Phi) is 4.69. The van der Waals surface area contributed by atoms with Gasteiger partial charge in [-0.25, -0.2) is 9.59 Å². The zero-order valence-corrected chi connectivity index (χ0v) is 17.0. The highest BCUT2D eigenvalue weighted by Crippen LogP contribution is 2.41. The molecule has 0 unspecified atom stereocenters. The van der Waals surface area contributed by atoms with Crippen molar-refractivity contribution in [3.05, 3.63) is 53.6 Å². The summed E-state index contributed by atoms with van der Waals surface area (Å²) in [5.41, 5.74) is 0.987. The summed E-state index contributed by atoms with van der Waals surface area (Å²) in [6, 6.07) is 10.8. The van der Waals surface area contributed by atoms with Crippen LogP contribution in [0.15, 0.2) is 42.5 Å². The molecule has 2 heterocycles. The van der Waals surface area contributed by atoms with Gasteiger partial charge < -0.3 is 20.1 Å². The molecule has 1 atom stereocenters. The first-order chi connectivity index (χ1) is 15.5. The van der Waals surface area contributed by atoms with Crippen LogP contribution in [0.5, 0.6) is 11.5 Å². The molecule has 32 heavy (non-hydrogen) atoms. The lowest BCUT2D eigenvalue weighted by Gasteiger charge is -2.22. The summed E-state index contributed by atoms with van der Waals surface area (Å²) in [5, 5.41) is 7.41. The van der Waals surface area contributed by atoms with Crippen LogP contribution in [0.3, 0.4) is 0 Å². The maximum atomic E-state index is 13.1. The fourth-order valence-corrected chi connectivity index (χ4v) is 4.33. The molecule has 2 aromatic rings. The summed E-state index contributed by atoms with van der Waals surface area (Å²) in [6.45, 7) is 0.284. The topological polar surface area (TPSA) is 126 Å². The molecule has 6 amide bonds. The molecule has 1 aliphatic carbocycles. The number of fused-ring (bicyclic) bond motifs is 3. The van der Waals surface area contributed by atoms with Gasteiger partial charge in [-0.1, -0.05) is 24.3 Å². The number of urea groups is 2. The molecule has 164 valence electrons. The van der Waals surface area contributed by atoms with E-state index < -0.39 is 36.0 Å². The minimum atomic E-state index is -1.15. The summed E-state index contributed by atoms with van der Waals surface area (Å²) in [5.74, 6) is -0.220. The van der Waals surface area contributed by atoms with Crippen molar-refractivity contribution < 1.29 is 28.7 Å². The molecule has 1 spiro atoms. The molecule has 0 radical (unpaired) electrons. The normalized spacial score (nSPS) is 20.7. The van der Waals surface area contributed by atoms with Gasteiger partial charge in [0.1, 0.15) is 25.3 Å². The van der Waals surface area contributed by atoms with E-state index in [0.29, 0.717) is 43.2 Å². The summed E-state index contributed by atoms with van der Waals surface area (Å²) in [6.07, 6.45) is 1.08. The minimum Gasteiger partial charge on any atom is -0.486 e. The van der Waals surface area contributed by atoms with Gasteiger partial charge in [0.05, 0.1) is 0 Å². The number of anilines is 1. The molecule has 10 heteroatoms. The number of hydrogen-bond donors (Lipinski definition) is 3. The van der Waals surface area contributed by atoms with Crippen molar-refractivity contribution in [1.82, 2.24) is 15.5 Å². The number of benzene rings is 2. The standard InChI is InChI=1S/C22H20N4O6/c27-18(24-20(29)23-14-5-6-16-17(11-14)32-10-9-31-16)12-26-19(28)22(25-21(26)30)8-7-13-3-1-2-4-15(13)22/h1-6,11H,7-10,12H2,(H,25,30)(H2,23,24,27,29)/t22-/m0/s1. The molecule has 2 aromatic carbocycles. The SMILES string of the molecule is O=C(CN1C(=O)N[C@]2(CCc3ccccc32)C1=O)NC(=O)Nc1ccc2c(c1)OCCO2. The average molecular weight is 436 g/mol. The van der Waals surface area contributed by atoms with Gasteiger partial charge in [-0.15, -0.1) is 0 Å². The van der Waals surface area contributed by atoms with Crippen molar-refractivity contribution >= 4 is 29.6 Å². The van der Waals surface area contributed by atoms with Gasteiger partial charge in [-0.3, -0.25) is 19.8 Å². The highest BCUT2D eigenvalue weighted by Gasteiger charge is 2.55. The fraction of sp³-hybridized carbons (Fsp3) is 0.273. The summed E-state index contributed by atoms with van der Waals surface area (Å²) in [7, 11) is 0. The predicted octanol–water partition coefficient (Wildman–Crippen LogP) is 1.50. The lowest BCUT2D eigenvalue weighted by atomic mass is 9.92. The largest absolute Gasteiger partial charge is 0.486 e. The smallest absolute Gasteiger partial charge is 0.325 e. The first-order valence-corrected chi connectivity index (χ1v) is 10.2. The highest BCUT2D eigenvalue weighted by atomic mass is 16.6. The van der Waals surface area contributed by atoms with Gasteiger partial charge >= 0.3 is 12.1 Å². The van der Waals surface area contributed by atoms with E-state index in [1.54, 1.807) is 18.2 Å². The number of nitrogens with zero attached hydrogens (tertiary/aromatic N) is 1. The van der Waals surface area contributed by atoms with Gasteiger partial charge in [0.15, 0.2) is 11.5 Å². The maximum absolute atomic E-state index is 13.1. The molecule has 10 nitrogen and oxygen atoms in total. The molecule has 5 rings (SSSR count). The third-order valence-corrected chi connectivity index (χ3v) is 5.78. The number of carbonyl (C=O) groups excluding carboxylic acids is 4. The number of hydrogen-bond acceptors (Lipinski definition) is 6. The first kappa shape index (κ1) is 19.9. The molecule has 0 saturated carbocycles. The van der Waals surface area contributed by atoms with Crippen molar-refractivity contribution in [1.29, 1.82) is 0 Å². The Balaban J connectivity index is 1.22. The highest BCUT2D eigenvalue weighted by molar-refractivity contribution is 6.11. The van der Waals surface area contributed by atoms with Gasteiger partial charge in [-0.05, 0) is 36.1 Å². The van der Waals surface area contributed by atoms with E-state index in [2.05, 4.69) is 16.0 Å². The number of rotatable bonds is 3.